The molecule has 2 heterocycles. The number of hydrogen-bond acceptors (Lipinski definition) is 4. The number of rotatable bonds is 2. The molecule has 124 valence electrons. The van der Waals surface area contributed by atoms with Gasteiger partial charge in [-0.3, -0.25) is 4.68 Å². The average molecular weight is 317 g/mol. The zero-order chi connectivity index (χ0) is 16.8. The maximum Gasteiger partial charge on any atom is 0.410 e. The van der Waals surface area contributed by atoms with E-state index in [1.807, 2.05) is 56.6 Å². The Balaban J connectivity index is 1.85. The Morgan fingerprint density at radius 2 is 2.00 bits per heavy atom. The molecule has 0 bridgehead atoms. The van der Waals surface area contributed by atoms with Crippen LogP contribution < -0.4 is 0 Å². The van der Waals surface area contributed by atoms with Gasteiger partial charge in [-0.25, -0.2) is 4.79 Å². The number of carbonyl (C=O) groups is 1. The number of aryl methyl sites for hydroxylation is 1. The van der Waals surface area contributed by atoms with E-state index in [1.54, 1.807) is 0 Å². The third-order valence-corrected chi connectivity index (χ3v) is 3.94. The highest BCUT2D eigenvalue weighted by Gasteiger charge is 2.49. The summed E-state index contributed by atoms with van der Waals surface area (Å²) in [4.78, 5) is 13.6. The zero-order valence-corrected chi connectivity index (χ0v) is 14.0. The summed E-state index contributed by atoms with van der Waals surface area (Å²) in [6.45, 7) is 8.58. The molecule has 1 N–H and O–H groups in total. The van der Waals surface area contributed by atoms with Crippen molar-refractivity contribution < 1.29 is 14.6 Å². The van der Waals surface area contributed by atoms with Gasteiger partial charge in [0.2, 0.25) is 0 Å². The molecule has 1 fully saturated rings. The molecule has 0 radical (unpaired) electrons. The molecular weight excluding hydrogens is 294 g/mol. The van der Waals surface area contributed by atoms with Crippen molar-refractivity contribution in [2.45, 2.75) is 45.4 Å². The molecule has 2 aromatic rings. The first kappa shape index (κ1) is 15.8. The summed E-state index contributed by atoms with van der Waals surface area (Å²) in [5.41, 5.74) is 0.00926. The second kappa shape index (κ2) is 5.23. The molecule has 1 aromatic heterocycles. The van der Waals surface area contributed by atoms with Crippen LogP contribution in [0.4, 0.5) is 4.79 Å². The number of fused-ring (bicyclic) bond motifs is 1. The summed E-state index contributed by atoms with van der Waals surface area (Å²) in [6, 6.07) is 7.74. The van der Waals surface area contributed by atoms with Crippen LogP contribution in [-0.2, 0) is 16.9 Å². The molecule has 6 nitrogen and oxygen atoms in total. The van der Waals surface area contributed by atoms with Gasteiger partial charge in [0.05, 0.1) is 24.3 Å². The summed E-state index contributed by atoms with van der Waals surface area (Å²) >= 11 is 0. The van der Waals surface area contributed by atoms with Gasteiger partial charge in [-0.2, -0.15) is 5.10 Å². The van der Waals surface area contributed by atoms with Crippen molar-refractivity contribution in [3.8, 4) is 0 Å². The summed E-state index contributed by atoms with van der Waals surface area (Å²) in [5.74, 6) is 0. The number of β-amino-alcohol motifs (C(OH)–C–C–N with tert-alkyl or cyclic N) is 1. The first-order valence-electron chi connectivity index (χ1n) is 7.90. The van der Waals surface area contributed by atoms with Gasteiger partial charge in [-0.15, -0.1) is 0 Å². The summed E-state index contributed by atoms with van der Waals surface area (Å²) < 4.78 is 7.17. The van der Waals surface area contributed by atoms with Crippen molar-refractivity contribution in [3.63, 3.8) is 0 Å². The number of carbonyl (C=O) groups excluding carboxylic acids is 1. The lowest BCUT2D eigenvalue weighted by molar-refractivity contribution is -0.107. The van der Waals surface area contributed by atoms with Crippen molar-refractivity contribution in [3.05, 3.63) is 30.0 Å². The number of ether oxygens (including phenoxy) is 1. The fourth-order valence-corrected chi connectivity index (χ4v) is 2.99. The fourth-order valence-electron chi connectivity index (χ4n) is 2.99. The van der Waals surface area contributed by atoms with Crippen LogP contribution in [0.3, 0.4) is 0 Å². The summed E-state index contributed by atoms with van der Waals surface area (Å²) in [6.07, 6.45) is -0.394. The highest BCUT2D eigenvalue weighted by molar-refractivity contribution is 5.83. The maximum absolute atomic E-state index is 12.1. The molecule has 1 amide bonds. The summed E-state index contributed by atoms with van der Waals surface area (Å²) in [5, 5.41) is 16.4. The van der Waals surface area contributed by atoms with Gasteiger partial charge in [-0.05, 0) is 33.8 Å². The fraction of sp³-hybridized carbons (Fsp3) is 0.529. The summed E-state index contributed by atoms with van der Waals surface area (Å²) in [7, 11) is 0. The maximum atomic E-state index is 12.1. The van der Waals surface area contributed by atoms with Crippen LogP contribution in [-0.4, -0.2) is 44.6 Å². The van der Waals surface area contributed by atoms with Crippen molar-refractivity contribution in [2.24, 2.45) is 0 Å². The molecule has 23 heavy (non-hydrogen) atoms. The quantitative estimate of drug-likeness (QED) is 0.924. The van der Waals surface area contributed by atoms with E-state index in [0.717, 1.165) is 16.6 Å². The molecule has 1 aromatic carbocycles. The number of likely N-dealkylation sites (tertiary alicyclic amines) is 1. The van der Waals surface area contributed by atoms with Crippen LogP contribution in [0.2, 0.25) is 0 Å². The molecule has 0 saturated carbocycles. The minimum Gasteiger partial charge on any atom is -0.444 e. The molecule has 0 unspecified atom stereocenters. The first-order valence-corrected chi connectivity index (χ1v) is 7.90. The van der Waals surface area contributed by atoms with Gasteiger partial charge < -0.3 is 14.7 Å². The van der Waals surface area contributed by atoms with E-state index in [4.69, 9.17) is 4.74 Å². The highest BCUT2D eigenvalue weighted by Crippen LogP contribution is 2.37. The predicted molar refractivity (Wildman–Crippen MR) is 87.1 cm³/mol. The lowest BCUT2D eigenvalue weighted by Gasteiger charge is -2.46. The Morgan fingerprint density at radius 3 is 2.61 bits per heavy atom. The molecule has 0 atom stereocenters. The Kier molecular flexibility index (Phi) is 3.59. The first-order chi connectivity index (χ1) is 10.7. The molecule has 0 aliphatic carbocycles. The second-order valence-electron chi connectivity index (χ2n) is 7.05. The Hall–Kier alpha value is -2.08. The monoisotopic (exact) mass is 317 g/mol. The molecular formula is C17H23N3O3. The van der Waals surface area contributed by atoms with E-state index in [-0.39, 0.29) is 13.1 Å². The molecule has 1 aliphatic rings. The van der Waals surface area contributed by atoms with Crippen LogP contribution in [0.1, 0.15) is 33.4 Å². The third-order valence-electron chi connectivity index (χ3n) is 3.94. The molecule has 6 heteroatoms. The highest BCUT2D eigenvalue weighted by atomic mass is 16.6. The second-order valence-corrected chi connectivity index (χ2v) is 7.05. The normalized spacial score (nSPS) is 17.2. The molecule has 3 rings (SSSR count). The van der Waals surface area contributed by atoms with Gasteiger partial charge >= 0.3 is 6.09 Å². The zero-order valence-electron chi connectivity index (χ0n) is 14.0. The predicted octanol–water partition coefficient (Wildman–Crippen LogP) is 2.49. The van der Waals surface area contributed by atoms with Crippen molar-refractivity contribution in [1.29, 1.82) is 0 Å². The minimum absolute atomic E-state index is 0.220. The van der Waals surface area contributed by atoms with Crippen LogP contribution in [0.5, 0.6) is 0 Å². The van der Waals surface area contributed by atoms with Crippen molar-refractivity contribution >= 4 is 17.0 Å². The van der Waals surface area contributed by atoms with Crippen LogP contribution in [0.15, 0.2) is 24.3 Å². The minimum atomic E-state index is -1.08. The van der Waals surface area contributed by atoms with Crippen LogP contribution in [0, 0.1) is 0 Å². The van der Waals surface area contributed by atoms with Gasteiger partial charge in [0.25, 0.3) is 0 Å². The van der Waals surface area contributed by atoms with Crippen LogP contribution in [0.25, 0.3) is 10.9 Å². The van der Waals surface area contributed by atoms with E-state index in [1.165, 1.54) is 4.90 Å². The number of amides is 1. The van der Waals surface area contributed by atoms with Crippen molar-refractivity contribution in [1.82, 2.24) is 14.7 Å². The van der Waals surface area contributed by atoms with Gasteiger partial charge in [0.1, 0.15) is 11.2 Å². The largest absolute Gasteiger partial charge is 0.444 e. The topological polar surface area (TPSA) is 67.6 Å². The van der Waals surface area contributed by atoms with E-state index >= 15 is 0 Å². The SMILES string of the molecule is CCn1nc2ccccc2c1C1(O)CN(C(=O)OC(C)(C)C)C1. The number of nitrogens with zero attached hydrogens (tertiary/aromatic N) is 3. The average Bonchev–Trinajstić information content (AvgIpc) is 2.80. The lowest BCUT2D eigenvalue weighted by Crippen LogP contribution is -2.62. The Labute approximate surface area is 135 Å². The smallest absolute Gasteiger partial charge is 0.410 e. The lowest BCUT2D eigenvalue weighted by atomic mass is 9.88. The van der Waals surface area contributed by atoms with Gasteiger partial charge in [0, 0.05) is 11.9 Å². The van der Waals surface area contributed by atoms with Gasteiger partial charge in [0.15, 0.2) is 0 Å². The van der Waals surface area contributed by atoms with E-state index in [0.29, 0.717) is 6.54 Å². The van der Waals surface area contributed by atoms with Gasteiger partial charge in [-0.1, -0.05) is 18.2 Å². The molecule has 1 saturated heterocycles. The third kappa shape index (κ3) is 2.79. The Morgan fingerprint density at radius 1 is 1.35 bits per heavy atom. The number of aliphatic hydroxyl groups is 1. The molecule has 1 aliphatic heterocycles. The van der Waals surface area contributed by atoms with E-state index in [9.17, 15) is 9.90 Å². The van der Waals surface area contributed by atoms with E-state index in [2.05, 4.69) is 5.10 Å². The number of benzene rings is 1. The standard InChI is InChI=1S/C17H23N3O3/c1-5-20-14(12-8-6-7-9-13(12)18-20)17(22)10-19(11-17)15(21)23-16(2,3)4/h6-9,22H,5,10-11H2,1-4H3. The number of aromatic nitrogens is 2. The van der Waals surface area contributed by atoms with E-state index < -0.39 is 17.3 Å². The van der Waals surface area contributed by atoms with Crippen molar-refractivity contribution in [2.75, 3.05) is 13.1 Å². The Bertz CT molecular complexity index is 739. The number of hydrogen-bond donors (Lipinski definition) is 1. The molecule has 0 spiro atoms. The van der Waals surface area contributed by atoms with Crippen LogP contribution >= 0.6 is 0 Å².